The molecule has 2 aliphatic rings. The van der Waals surface area contributed by atoms with Crippen molar-refractivity contribution in [3.8, 4) is 0 Å². The van der Waals surface area contributed by atoms with Gasteiger partial charge >= 0.3 is 11.8 Å². The summed E-state index contributed by atoms with van der Waals surface area (Å²) >= 11 is 0. The molecule has 0 aliphatic carbocycles. The van der Waals surface area contributed by atoms with Gasteiger partial charge in [-0.3, -0.25) is 9.88 Å². The molecule has 0 spiro atoms. The summed E-state index contributed by atoms with van der Waals surface area (Å²) in [4.78, 5) is 28.7. The third-order valence-electron chi connectivity index (χ3n) is 4.72. The van der Waals surface area contributed by atoms with Crippen LogP contribution in [-0.2, 0) is 6.54 Å². The SMILES string of the molecule is O=C(O)N1CC2CN(Cc3ccc4[nH]c(=O)oc4c3)CC2C1. The number of H-pyrrole nitrogens is 1. The third-order valence-corrected chi connectivity index (χ3v) is 4.72. The van der Waals surface area contributed by atoms with E-state index in [1.165, 1.54) is 4.90 Å². The molecule has 116 valence electrons. The van der Waals surface area contributed by atoms with Crippen LogP contribution in [0, 0.1) is 11.8 Å². The van der Waals surface area contributed by atoms with Crippen LogP contribution < -0.4 is 5.76 Å². The average Bonchev–Trinajstić information content (AvgIpc) is 3.09. The molecule has 1 aromatic heterocycles. The maximum atomic E-state index is 11.2. The number of hydrogen-bond acceptors (Lipinski definition) is 4. The molecule has 2 N–H and O–H groups in total. The minimum atomic E-state index is -0.811. The minimum Gasteiger partial charge on any atom is -0.465 e. The van der Waals surface area contributed by atoms with E-state index in [4.69, 9.17) is 9.52 Å². The highest BCUT2D eigenvalue weighted by Gasteiger charge is 2.41. The van der Waals surface area contributed by atoms with Gasteiger partial charge in [-0.2, -0.15) is 0 Å². The first-order chi connectivity index (χ1) is 10.6. The van der Waals surface area contributed by atoms with E-state index < -0.39 is 11.8 Å². The molecule has 1 aromatic carbocycles. The number of benzene rings is 1. The number of likely N-dealkylation sites (tertiary alicyclic amines) is 2. The first-order valence-electron chi connectivity index (χ1n) is 7.40. The zero-order valence-corrected chi connectivity index (χ0v) is 12.0. The third kappa shape index (κ3) is 2.27. The molecule has 0 bridgehead atoms. The van der Waals surface area contributed by atoms with Crippen LogP contribution in [0.3, 0.4) is 0 Å². The van der Waals surface area contributed by atoms with Gasteiger partial charge in [-0.05, 0) is 29.5 Å². The maximum absolute atomic E-state index is 11.2. The highest BCUT2D eigenvalue weighted by Crippen LogP contribution is 2.32. The summed E-state index contributed by atoms with van der Waals surface area (Å²) in [5.41, 5.74) is 2.40. The van der Waals surface area contributed by atoms with Gasteiger partial charge in [-0.15, -0.1) is 0 Å². The molecule has 0 saturated carbocycles. The number of hydrogen-bond donors (Lipinski definition) is 2. The van der Waals surface area contributed by atoms with Crippen molar-refractivity contribution in [2.75, 3.05) is 26.2 Å². The topological polar surface area (TPSA) is 89.8 Å². The Bertz CT molecular complexity index is 766. The van der Waals surface area contributed by atoms with Gasteiger partial charge in [-0.25, -0.2) is 9.59 Å². The van der Waals surface area contributed by atoms with Gasteiger partial charge in [0.15, 0.2) is 5.58 Å². The highest BCUT2D eigenvalue weighted by atomic mass is 16.4. The van der Waals surface area contributed by atoms with Gasteiger partial charge < -0.3 is 14.4 Å². The summed E-state index contributed by atoms with van der Waals surface area (Å²) in [6, 6.07) is 5.75. The van der Waals surface area contributed by atoms with E-state index in [9.17, 15) is 9.59 Å². The van der Waals surface area contributed by atoms with E-state index in [-0.39, 0.29) is 0 Å². The number of carbonyl (C=O) groups is 1. The van der Waals surface area contributed by atoms with Crippen LogP contribution in [-0.4, -0.2) is 52.2 Å². The van der Waals surface area contributed by atoms with Crippen molar-refractivity contribution in [2.45, 2.75) is 6.54 Å². The molecule has 2 fully saturated rings. The second-order valence-corrected chi connectivity index (χ2v) is 6.25. The number of nitrogens with zero attached hydrogens (tertiary/aromatic N) is 2. The smallest absolute Gasteiger partial charge is 0.417 e. The highest BCUT2D eigenvalue weighted by molar-refractivity contribution is 5.72. The molecule has 7 nitrogen and oxygen atoms in total. The van der Waals surface area contributed by atoms with E-state index in [0.717, 1.165) is 25.2 Å². The Balaban J connectivity index is 1.44. The van der Waals surface area contributed by atoms with Crippen LogP contribution >= 0.6 is 0 Å². The normalized spacial score (nSPS) is 25.0. The molecule has 3 heterocycles. The lowest BCUT2D eigenvalue weighted by molar-refractivity contribution is 0.148. The van der Waals surface area contributed by atoms with Gasteiger partial charge in [0.2, 0.25) is 0 Å². The number of oxazole rings is 1. The van der Waals surface area contributed by atoms with Crippen molar-refractivity contribution < 1.29 is 14.3 Å². The summed E-state index contributed by atoms with van der Waals surface area (Å²) in [7, 11) is 0. The molecule has 0 radical (unpaired) electrons. The predicted octanol–water partition coefficient (Wildman–Crippen LogP) is 1.16. The Morgan fingerprint density at radius 1 is 1.27 bits per heavy atom. The van der Waals surface area contributed by atoms with Crippen LogP contribution in [0.1, 0.15) is 5.56 Å². The van der Waals surface area contributed by atoms with Crippen LogP contribution in [0.5, 0.6) is 0 Å². The standard InChI is InChI=1S/C15H17N3O4/c19-14-16-12-2-1-9(3-13(12)22-14)4-17-5-10-7-18(15(20)21)8-11(10)6-17/h1-3,10-11H,4-8H2,(H,16,19)(H,20,21). The Kier molecular flexibility index (Phi) is 2.97. The van der Waals surface area contributed by atoms with Gasteiger partial charge in [0.25, 0.3) is 0 Å². The molecule has 1 amide bonds. The molecule has 2 aliphatic heterocycles. The van der Waals surface area contributed by atoms with E-state index >= 15 is 0 Å². The summed E-state index contributed by atoms with van der Waals surface area (Å²) < 4.78 is 5.09. The minimum absolute atomic E-state index is 0.434. The quantitative estimate of drug-likeness (QED) is 0.869. The van der Waals surface area contributed by atoms with Gasteiger partial charge in [0.05, 0.1) is 5.52 Å². The van der Waals surface area contributed by atoms with E-state index in [0.29, 0.717) is 36.0 Å². The van der Waals surface area contributed by atoms with Crippen molar-refractivity contribution in [3.63, 3.8) is 0 Å². The van der Waals surface area contributed by atoms with Crippen LogP contribution in [0.15, 0.2) is 27.4 Å². The second-order valence-electron chi connectivity index (χ2n) is 6.25. The van der Waals surface area contributed by atoms with Crippen molar-refractivity contribution >= 4 is 17.2 Å². The lowest BCUT2D eigenvalue weighted by Crippen LogP contribution is -2.31. The summed E-state index contributed by atoms with van der Waals surface area (Å²) in [5.74, 6) is 0.437. The summed E-state index contributed by atoms with van der Waals surface area (Å²) in [6.45, 7) is 3.92. The molecule has 7 heteroatoms. The van der Waals surface area contributed by atoms with Crippen LogP contribution in [0.2, 0.25) is 0 Å². The zero-order chi connectivity index (χ0) is 15.3. The number of amides is 1. The summed E-state index contributed by atoms with van der Waals surface area (Å²) in [5, 5.41) is 9.05. The first-order valence-corrected chi connectivity index (χ1v) is 7.40. The van der Waals surface area contributed by atoms with Gasteiger partial charge in [0.1, 0.15) is 0 Å². The van der Waals surface area contributed by atoms with Crippen molar-refractivity contribution in [2.24, 2.45) is 11.8 Å². The first kappa shape index (κ1) is 13.4. The van der Waals surface area contributed by atoms with Crippen LogP contribution in [0.4, 0.5) is 4.79 Å². The molecule has 4 rings (SSSR count). The largest absolute Gasteiger partial charge is 0.465 e. The number of aromatic nitrogens is 1. The van der Waals surface area contributed by atoms with Crippen LogP contribution in [0.25, 0.3) is 11.1 Å². The van der Waals surface area contributed by atoms with Gasteiger partial charge in [0, 0.05) is 32.7 Å². The average molecular weight is 303 g/mol. The Hall–Kier alpha value is -2.28. The number of rotatable bonds is 2. The molecule has 2 atom stereocenters. The van der Waals surface area contributed by atoms with Gasteiger partial charge in [-0.1, -0.05) is 6.07 Å². The van der Waals surface area contributed by atoms with E-state index in [1.807, 2.05) is 18.2 Å². The zero-order valence-electron chi connectivity index (χ0n) is 12.0. The lowest BCUT2D eigenvalue weighted by Gasteiger charge is -2.19. The van der Waals surface area contributed by atoms with E-state index in [1.54, 1.807) is 0 Å². The molecular formula is C15H17N3O4. The number of nitrogens with one attached hydrogen (secondary N) is 1. The van der Waals surface area contributed by atoms with Crippen molar-refractivity contribution in [3.05, 3.63) is 34.3 Å². The molecule has 2 aromatic rings. The Morgan fingerprint density at radius 2 is 2.00 bits per heavy atom. The number of aromatic amines is 1. The predicted molar refractivity (Wildman–Crippen MR) is 78.7 cm³/mol. The second kappa shape index (κ2) is 4.88. The molecule has 22 heavy (non-hydrogen) atoms. The fourth-order valence-electron chi connectivity index (χ4n) is 3.72. The lowest BCUT2D eigenvalue weighted by atomic mass is 10.0. The monoisotopic (exact) mass is 303 g/mol. The molecule has 2 saturated heterocycles. The number of carboxylic acid groups (broad SMARTS) is 1. The Labute approximate surface area is 126 Å². The fourth-order valence-corrected chi connectivity index (χ4v) is 3.72. The molecular weight excluding hydrogens is 286 g/mol. The summed E-state index contributed by atoms with van der Waals surface area (Å²) in [6.07, 6.45) is -0.811. The number of fused-ring (bicyclic) bond motifs is 2. The molecule has 2 unspecified atom stereocenters. The van der Waals surface area contributed by atoms with Crippen molar-refractivity contribution in [1.82, 2.24) is 14.8 Å². The van der Waals surface area contributed by atoms with E-state index in [2.05, 4.69) is 9.88 Å². The van der Waals surface area contributed by atoms with Crippen molar-refractivity contribution in [1.29, 1.82) is 0 Å². The Morgan fingerprint density at radius 3 is 2.68 bits per heavy atom. The maximum Gasteiger partial charge on any atom is 0.417 e. The fraction of sp³-hybridized carbons (Fsp3) is 0.467.